The molecule has 1 aromatic rings. The summed E-state index contributed by atoms with van der Waals surface area (Å²) >= 11 is 4.88. The predicted molar refractivity (Wildman–Crippen MR) is 46.0 cm³/mol. The summed E-state index contributed by atoms with van der Waals surface area (Å²) < 4.78 is 38.0. The van der Waals surface area contributed by atoms with Crippen molar-refractivity contribution in [2.24, 2.45) is 0 Å². The number of aromatic nitrogens is 1. The lowest BCUT2D eigenvalue weighted by atomic mass is 10.2. The Balaban J connectivity index is 3.54. The zero-order valence-corrected chi connectivity index (χ0v) is 8.04. The third-order valence-corrected chi connectivity index (χ3v) is 1.84. The zero-order chi connectivity index (χ0) is 12.5. The summed E-state index contributed by atoms with van der Waals surface area (Å²) in [5.74, 6) is -3.06. The van der Waals surface area contributed by atoms with Crippen LogP contribution < -0.4 is 0 Å². The average Bonchev–Trinajstić information content (AvgIpc) is 2.15. The lowest BCUT2D eigenvalue weighted by Crippen LogP contribution is -2.07. The molecule has 0 atom stereocenters. The van der Waals surface area contributed by atoms with Gasteiger partial charge in [-0.3, -0.25) is 4.79 Å². The molecule has 16 heavy (non-hydrogen) atoms. The minimum Gasteiger partial charge on any atom is -0.358 e. The fourth-order valence-corrected chi connectivity index (χ4v) is 1.10. The molecule has 0 saturated carbocycles. The van der Waals surface area contributed by atoms with Gasteiger partial charge in [0.15, 0.2) is 17.6 Å². The summed E-state index contributed by atoms with van der Waals surface area (Å²) in [6.45, 7) is 0. The normalized spacial score (nSPS) is 10.6. The van der Waals surface area contributed by atoms with E-state index >= 15 is 0 Å². The van der Waals surface area contributed by atoms with E-state index in [9.17, 15) is 28.1 Å². The van der Waals surface area contributed by atoms with Crippen LogP contribution in [0, 0.1) is 15.9 Å². The second-order valence-corrected chi connectivity index (χ2v) is 2.90. The van der Waals surface area contributed by atoms with Crippen molar-refractivity contribution in [1.29, 1.82) is 0 Å². The molecule has 0 aliphatic heterocycles. The molecule has 9 heteroatoms. The number of halogens is 4. The lowest BCUT2D eigenvalue weighted by molar-refractivity contribution is -0.391. The van der Waals surface area contributed by atoms with Gasteiger partial charge in [0.05, 0.1) is 0 Å². The highest BCUT2D eigenvalue weighted by atomic mass is 35.5. The molecule has 1 aromatic heterocycles. The molecule has 0 aromatic carbocycles. The van der Waals surface area contributed by atoms with Crippen LogP contribution in [0.5, 0.6) is 0 Å². The first-order valence-electron chi connectivity index (χ1n) is 3.67. The highest BCUT2D eigenvalue weighted by Gasteiger charge is 2.31. The quantitative estimate of drug-likeness (QED) is 0.472. The van der Waals surface area contributed by atoms with Crippen molar-refractivity contribution in [1.82, 2.24) is 4.98 Å². The third-order valence-electron chi connectivity index (χ3n) is 1.63. The Bertz CT molecular complexity index is 466. The zero-order valence-electron chi connectivity index (χ0n) is 7.29. The molecular formula is C7H2ClF3N2O3. The molecule has 0 N–H and O–H groups in total. The van der Waals surface area contributed by atoms with Gasteiger partial charge in [0.1, 0.15) is 5.56 Å². The van der Waals surface area contributed by atoms with E-state index in [0.717, 1.165) is 0 Å². The van der Waals surface area contributed by atoms with Gasteiger partial charge in [0.25, 0.3) is 11.7 Å². The van der Waals surface area contributed by atoms with Crippen LogP contribution in [0.25, 0.3) is 0 Å². The Morgan fingerprint density at radius 3 is 2.50 bits per heavy atom. The van der Waals surface area contributed by atoms with Gasteiger partial charge < -0.3 is 10.1 Å². The van der Waals surface area contributed by atoms with Crippen LogP contribution in [0.15, 0.2) is 6.20 Å². The molecule has 0 unspecified atom stereocenters. The topological polar surface area (TPSA) is 73.1 Å². The van der Waals surface area contributed by atoms with E-state index in [1.54, 1.807) is 0 Å². The van der Waals surface area contributed by atoms with Crippen molar-refractivity contribution >= 4 is 22.7 Å². The lowest BCUT2D eigenvalue weighted by Gasteiger charge is -2.04. The summed E-state index contributed by atoms with van der Waals surface area (Å²) in [6, 6.07) is 0. The largest absolute Gasteiger partial charge is 0.375 e. The van der Waals surface area contributed by atoms with Crippen LogP contribution in [0.2, 0.25) is 0 Å². The van der Waals surface area contributed by atoms with Gasteiger partial charge >= 0.3 is 5.82 Å². The molecule has 1 rings (SSSR count). The van der Waals surface area contributed by atoms with Gasteiger partial charge in [-0.1, -0.05) is 0 Å². The first kappa shape index (κ1) is 12.4. The monoisotopic (exact) mass is 254 g/mol. The van der Waals surface area contributed by atoms with Crippen molar-refractivity contribution in [3.63, 3.8) is 0 Å². The Kier molecular flexibility index (Phi) is 3.43. The number of alkyl halides is 2. The van der Waals surface area contributed by atoms with E-state index < -0.39 is 39.4 Å². The summed E-state index contributed by atoms with van der Waals surface area (Å²) in [6.07, 6.45) is -3.03. The van der Waals surface area contributed by atoms with Crippen LogP contribution >= 0.6 is 11.6 Å². The highest BCUT2D eigenvalue weighted by Crippen LogP contribution is 2.31. The van der Waals surface area contributed by atoms with Gasteiger partial charge in [0.2, 0.25) is 0 Å². The van der Waals surface area contributed by atoms with Gasteiger partial charge in [0, 0.05) is 0 Å². The second-order valence-electron chi connectivity index (χ2n) is 2.55. The Labute approximate surface area is 91.0 Å². The first-order valence-corrected chi connectivity index (χ1v) is 4.04. The van der Waals surface area contributed by atoms with Gasteiger partial charge in [-0.25, -0.2) is 13.2 Å². The summed E-state index contributed by atoms with van der Waals surface area (Å²) in [7, 11) is 0. The number of pyridine rings is 1. The fraction of sp³-hybridized carbons (Fsp3) is 0.143. The summed E-state index contributed by atoms with van der Waals surface area (Å²) in [4.78, 5) is 22.6. The predicted octanol–water partition coefficient (Wildman–Crippen LogP) is 2.45. The molecule has 0 bridgehead atoms. The molecule has 0 radical (unpaired) electrons. The number of hydrogen-bond acceptors (Lipinski definition) is 4. The molecule has 0 saturated heterocycles. The molecule has 0 fully saturated rings. The van der Waals surface area contributed by atoms with Crippen LogP contribution in [-0.4, -0.2) is 15.1 Å². The van der Waals surface area contributed by atoms with Gasteiger partial charge in [-0.15, -0.1) is 0 Å². The highest BCUT2D eigenvalue weighted by molar-refractivity contribution is 6.67. The fourth-order valence-electron chi connectivity index (χ4n) is 0.971. The SMILES string of the molecule is O=C(Cl)c1cnc([N+](=O)[O-])c(C(F)F)c1F. The van der Waals surface area contributed by atoms with E-state index in [1.165, 1.54) is 0 Å². The number of hydrogen-bond donors (Lipinski definition) is 0. The number of nitro groups is 1. The van der Waals surface area contributed by atoms with E-state index in [4.69, 9.17) is 11.6 Å². The maximum atomic E-state index is 13.3. The maximum absolute atomic E-state index is 13.3. The van der Waals surface area contributed by atoms with E-state index in [-0.39, 0.29) is 0 Å². The summed E-state index contributed by atoms with van der Waals surface area (Å²) in [5.41, 5.74) is -2.47. The Hall–Kier alpha value is -1.70. The smallest absolute Gasteiger partial charge is 0.358 e. The minimum absolute atomic E-state index is 0.439. The van der Waals surface area contributed by atoms with E-state index in [1.807, 2.05) is 0 Å². The first-order chi connectivity index (χ1) is 7.36. The molecule has 0 spiro atoms. The minimum atomic E-state index is -3.47. The maximum Gasteiger partial charge on any atom is 0.375 e. The average molecular weight is 255 g/mol. The molecule has 5 nitrogen and oxygen atoms in total. The van der Waals surface area contributed by atoms with E-state index in [0.29, 0.717) is 6.20 Å². The van der Waals surface area contributed by atoms with Gasteiger partial charge in [-0.2, -0.15) is 0 Å². The van der Waals surface area contributed by atoms with Crippen LogP contribution in [0.4, 0.5) is 19.0 Å². The summed E-state index contributed by atoms with van der Waals surface area (Å²) in [5, 5.41) is 8.93. The van der Waals surface area contributed by atoms with Crippen molar-refractivity contribution in [2.75, 3.05) is 0 Å². The molecular weight excluding hydrogens is 253 g/mol. The van der Waals surface area contributed by atoms with Crippen molar-refractivity contribution < 1.29 is 22.9 Å². The molecule has 0 aliphatic rings. The van der Waals surface area contributed by atoms with Crippen molar-refractivity contribution in [2.45, 2.75) is 6.43 Å². The molecule has 0 aliphatic carbocycles. The third kappa shape index (κ3) is 2.11. The van der Waals surface area contributed by atoms with E-state index in [2.05, 4.69) is 4.98 Å². The Morgan fingerprint density at radius 1 is 1.56 bits per heavy atom. The van der Waals surface area contributed by atoms with Crippen LogP contribution in [0.3, 0.4) is 0 Å². The van der Waals surface area contributed by atoms with Crippen molar-refractivity contribution in [3.05, 3.63) is 33.3 Å². The number of carbonyl (C=O) groups excluding carboxylic acids is 1. The molecule has 1 heterocycles. The molecule has 86 valence electrons. The molecule has 0 amide bonds. The van der Waals surface area contributed by atoms with Crippen LogP contribution in [-0.2, 0) is 0 Å². The van der Waals surface area contributed by atoms with Crippen molar-refractivity contribution in [3.8, 4) is 0 Å². The number of rotatable bonds is 3. The standard InChI is InChI=1S/C7H2ClF3N2O3/c8-5(14)2-1-12-7(13(15)16)3(4(2)9)6(10)11/h1,6H. The second kappa shape index (κ2) is 4.44. The number of carbonyl (C=O) groups is 1. The van der Waals surface area contributed by atoms with Gasteiger partial charge in [-0.05, 0) is 21.5 Å². The Morgan fingerprint density at radius 2 is 2.12 bits per heavy atom. The number of nitrogens with zero attached hydrogens (tertiary/aromatic N) is 2. The van der Waals surface area contributed by atoms with Crippen LogP contribution in [0.1, 0.15) is 22.3 Å².